The smallest absolute Gasteiger partial charge is 0.337 e. The summed E-state index contributed by atoms with van der Waals surface area (Å²) in [6.07, 6.45) is 3.38. The number of aromatic nitrogens is 2. The fourth-order valence-electron chi connectivity index (χ4n) is 2.13. The lowest BCUT2D eigenvalue weighted by Gasteiger charge is -2.05. The molecule has 1 heterocycles. The number of nitrogens with zero attached hydrogens (tertiary/aromatic N) is 2. The van der Waals surface area contributed by atoms with E-state index >= 15 is 0 Å². The normalized spacial score (nSPS) is 10.5. The van der Waals surface area contributed by atoms with Gasteiger partial charge in [-0.2, -0.15) is 0 Å². The molecule has 21 heavy (non-hydrogen) atoms. The maximum atomic E-state index is 11.3. The van der Waals surface area contributed by atoms with Gasteiger partial charge in [0.2, 0.25) is 0 Å². The summed E-state index contributed by atoms with van der Waals surface area (Å²) in [6, 6.07) is 14.2. The van der Waals surface area contributed by atoms with Crippen molar-refractivity contribution in [1.82, 2.24) is 9.55 Å². The zero-order valence-corrected chi connectivity index (χ0v) is 11.7. The molecule has 3 rings (SSSR count). The maximum Gasteiger partial charge on any atom is 0.337 e. The molecule has 2 aromatic carbocycles. The van der Waals surface area contributed by atoms with Crippen molar-refractivity contribution in [1.29, 1.82) is 0 Å². The van der Waals surface area contributed by atoms with Gasteiger partial charge in [-0.25, -0.2) is 9.78 Å². The summed E-state index contributed by atoms with van der Waals surface area (Å²) in [4.78, 5) is 15.6. The van der Waals surface area contributed by atoms with Crippen LogP contribution in [0.4, 0.5) is 0 Å². The van der Waals surface area contributed by atoms with E-state index in [1.165, 1.54) is 0 Å². The first-order valence-electron chi connectivity index (χ1n) is 6.28. The second-order valence-corrected chi connectivity index (χ2v) is 4.94. The molecule has 0 bridgehead atoms. The number of benzene rings is 2. The minimum Gasteiger partial charge on any atom is -0.478 e. The standard InChI is InChI=1S/C16H11ClN2O2/c17-12-5-3-4-11(8-12)14-9-19(10-18-14)15-7-2-1-6-13(15)16(20)21/h1-10H,(H,20,21). The van der Waals surface area contributed by atoms with Crippen molar-refractivity contribution in [3.8, 4) is 16.9 Å². The zero-order chi connectivity index (χ0) is 14.8. The lowest BCUT2D eigenvalue weighted by atomic mass is 10.1. The molecule has 0 amide bonds. The Morgan fingerprint density at radius 1 is 1.14 bits per heavy atom. The van der Waals surface area contributed by atoms with E-state index in [1.807, 2.05) is 18.2 Å². The van der Waals surface area contributed by atoms with Crippen LogP contribution in [0, 0.1) is 0 Å². The summed E-state index contributed by atoms with van der Waals surface area (Å²) >= 11 is 5.97. The molecule has 0 aliphatic heterocycles. The molecule has 0 aliphatic carbocycles. The Labute approximate surface area is 126 Å². The van der Waals surface area contributed by atoms with Crippen LogP contribution < -0.4 is 0 Å². The second-order valence-electron chi connectivity index (χ2n) is 4.50. The Morgan fingerprint density at radius 3 is 2.71 bits per heavy atom. The molecule has 3 aromatic rings. The van der Waals surface area contributed by atoms with Gasteiger partial charge in [0, 0.05) is 16.8 Å². The molecule has 1 aromatic heterocycles. The largest absolute Gasteiger partial charge is 0.478 e. The van der Waals surface area contributed by atoms with Crippen molar-refractivity contribution in [2.75, 3.05) is 0 Å². The first kappa shape index (κ1) is 13.4. The number of para-hydroxylation sites is 1. The highest BCUT2D eigenvalue weighted by Crippen LogP contribution is 2.23. The Bertz CT molecular complexity index is 811. The molecule has 0 saturated carbocycles. The van der Waals surface area contributed by atoms with Gasteiger partial charge in [0.05, 0.1) is 23.3 Å². The third kappa shape index (κ3) is 2.66. The van der Waals surface area contributed by atoms with Crippen LogP contribution in [0.3, 0.4) is 0 Å². The fourth-order valence-corrected chi connectivity index (χ4v) is 2.32. The number of rotatable bonds is 3. The van der Waals surface area contributed by atoms with E-state index < -0.39 is 5.97 Å². The highest BCUT2D eigenvalue weighted by Gasteiger charge is 2.11. The third-order valence-electron chi connectivity index (χ3n) is 3.12. The summed E-state index contributed by atoms with van der Waals surface area (Å²) in [5.41, 5.74) is 2.42. The Balaban J connectivity index is 2.05. The first-order valence-corrected chi connectivity index (χ1v) is 6.65. The van der Waals surface area contributed by atoms with E-state index in [0.717, 1.165) is 11.3 Å². The topological polar surface area (TPSA) is 55.1 Å². The number of halogens is 1. The van der Waals surface area contributed by atoms with Crippen molar-refractivity contribution in [3.05, 3.63) is 71.6 Å². The van der Waals surface area contributed by atoms with Crippen LogP contribution in [0.5, 0.6) is 0 Å². The molecule has 0 saturated heterocycles. The Hall–Kier alpha value is -2.59. The number of hydrogen-bond acceptors (Lipinski definition) is 2. The number of carboxylic acid groups (broad SMARTS) is 1. The van der Waals surface area contributed by atoms with Gasteiger partial charge in [-0.05, 0) is 24.3 Å². The molecule has 5 heteroatoms. The van der Waals surface area contributed by atoms with Crippen molar-refractivity contribution >= 4 is 17.6 Å². The molecule has 0 aliphatic rings. The molecule has 104 valence electrons. The summed E-state index contributed by atoms with van der Waals surface area (Å²) in [6.45, 7) is 0. The van der Waals surface area contributed by atoms with Crippen LogP contribution in [-0.2, 0) is 0 Å². The second kappa shape index (κ2) is 5.42. The fraction of sp³-hybridized carbons (Fsp3) is 0. The summed E-state index contributed by atoms with van der Waals surface area (Å²) < 4.78 is 1.69. The number of imidazole rings is 1. The van der Waals surface area contributed by atoms with Gasteiger partial charge in [-0.15, -0.1) is 0 Å². The number of carboxylic acids is 1. The highest BCUT2D eigenvalue weighted by atomic mass is 35.5. The molecule has 0 unspecified atom stereocenters. The summed E-state index contributed by atoms with van der Waals surface area (Å²) in [5, 5.41) is 9.87. The van der Waals surface area contributed by atoms with Gasteiger partial charge in [0.25, 0.3) is 0 Å². The minimum atomic E-state index is -0.969. The third-order valence-corrected chi connectivity index (χ3v) is 3.35. The van der Waals surface area contributed by atoms with E-state index in [9.17, 15) is 9.90 Å². The van der Waals surface area contributed by atoms with Crippen molar-refractivity contribution in [2.45, 2.75) is 0 Å². The molecular formula is C16H11ClN2O2. The van der Waals surface area contributed by atoms with E-state index in [4.69, 9.17) is 11.6 Å². The van der Waals surface area contributed by atoms with Gasteiger partial charge in [-0.3, -0.25) is 0 Å². The predicted octanol–water partition coefficient (Wildman–Crippen LogP) is 3.89. The molecule has 0 fully saturated rings. The Morgan fingerprint density at radius 2 is 1.95 bits per heavy atom. The monoisotopic (exact) mass is 298 g/mol. The molecule has 1 N–H and O–H groups in total. The average Bonchev–Trinajstić information content (AvgIpc) is 2.97. The minimum absolute atomic E-state index is 0.229. The van der Waals surface area contributed by atoms with E-state index in [2.05, 4.69) is 4.98 Å². The van der Waals surface area contributed by atoms with E-state index in [1.54, 1.807) is 47.4 Å². The van der Waals surface area contributed by atoms with Gasteiger partial charge in [0.15, 0.2) is 0 Å². The van der Waals surface area contributed by atoms with Gasteiger partial charge in [0.1, 0.15) is 0 Å². The molecule has 0 spiro atoms. The van der Waals surface area contributed by atoms with Gasteiger partial charge < -0.3 is 9.67 Å². The Kier molecular flexibility index (Phi) is 3.46. The lowest BCUT2D eigenvalue weighted by molar-refractivity contribution is 0.0697. The van der Waals surface area contributed by atoms with Gasteiger partial charge >= 0.3 is 5.97 Å². The summed E-state index contributed by atoms with van der Waals surface area (Å²) in [7, 11) is 0. The first-order chi connectivity index (χ1) is 10.1. The van der Waals surface area contributed by atoms with Crippen LogP contribution in [0.25, 0.3) is 16.9 Å². The van der Waals surface area contributed by atoms with Crippen LogP contribution in [0.1, 0.15) is 10.4 Å². The van der Waals surface area contributed by atoms with Crippen molar-refractivity contribution < 1.29 is 9.90 Å². The SMILES string of the molecule is O=C(O)c1ccccc1-n1cnc(-c2cccc(Cl)c2)c1. The maximum absolute atomic E-state index is 11.3. The number of hydrogen-bond donors (Lipinski definition) is 1. The molecular weight excluding hydrogens is 288 g/mol. The van der Waals surface area contributed by atoms with Crippen molar-refractivity contribution in [2.24, 2.45) is 0 Å². The van der Waals surface area contributed by atoms with Crippen molar-refractivity contribution in [3.63, 3.8) is 0 Å². The highest BCUT2D eigenvalue weighted by molar-refractivity contribution is 6.30. The zero-order valence-electron chi connectivity index (χ0n) is 10.9. The van der Waals surface area contributed by atoms with Crippen LogP contribution >= 0.6 is 11.6 Å². The number of aromatic carboxylic acids is 1. The lowest BCUT2D eigenvalue weighted by Crippen LogP contribution is -2.03. The average molecular weight is 299 g/mol. The van der Waals surface area contributed by atoms with Gasteiger partial charge in [-0.1, -0.05) is 35.9 Å². The van der Waals surface area contributed by atoms with Crippen LogP contribution in [-0.4, -0.2) is 20.6 Å². The van der Waals surface area contributed by atoms with Crippen LogP contribution in [0.2, 0.25) is 5.02 Å². The van der Waals surface area contributed by atoms with Crippen LogP contribution in [0.15, 0.2) is 61.1 Å². The predicted molar refractivity (Wildman–Crippen MR) is 81.0 cm³/mol. The quantitative estimate of drug-likeness (QED) is 0.798. The molecule has 0 atom stereocenters. The molecule has 4 nitrogen and oxygen atoms in total. The van der Waals surface area contributed by atoms with E-state index in [-0.39, 0.29) is 5.56 Å². The van der Waals surface area contributed by atoms with E-state index in [0.29, 0.717) is 10.7 Å². The molecule has 0 radical (unpaired) electrons. The summed E-state index contributed by atoms with van der Waals surface area (Å²) in [5.74, 6) is -0.969. The number of carbonyl (C=O) groups is 1.